The lowest BCUT2D eigenvalue weighted by Gasteiger charge is -2.37. The molecular weight excluding hydrogens is 222 g/mol. The zero-order chi connectivity index (χ0) is 11.4. The molecule has 1 aromatic rings. The van der Waals surface area contributed by atoms with E-state index in [-0.39, 0.29) is 0 Å². The first kappa shape index (κ1) is 11.9. The Morgan fingerprint density at radius 1 is 1.50 bits per heavy atom. The van der Waals surface area contributed by atoms with Gasteiger partial charge in [0.15, 0.2) is 0 Å². The number of aromatic nitrogens is 2. The highest BCUT2D eigenvalue weighted by molar-refractivity contribution is 6.18. The summed E-state index contributed by atoms with van der Waals surface area (Å²) in [5.74, 6) is 1.83. The maximum atomic E-state index is 5.85. The molecular formula is C12H20ClN3. The molecule has 0 amide bonds. The van der Waals surface area contributed by atoms with Gasteiger partial charge in [-0.05, 0) is 19.8 Å². The Morgan fingerprint density at radius 3 is 2.81 bits per heavy atom. The molecule has 0 atom stereocenters. The minimum absolute atomic E-state index is 0.736. The number of rotatable bonds is 6. The molecule has 0 unspecified atom stereocenters. The van der Waals surface area contributed by atoms with Crippen LogP contribution < -0.4 is 0 Å². The smallest absolute Gasteiger partial charge is 0.105 e. The van der Waals surface area contributed by atoms with Crippen molar-refractivity contribution in [1.82, 2.24) is 14.5 Å². The number of aryl methyl sites for hydroxylation is 1. The topological polar surface area (TPSA) is 21.1 Å². The fraction of sp³-hybridized carbons (Fsp3) is 0.750. The van der Waals surface area contributed by atoms with Gasteiger partial charge in [-0.1, -0.05) is 6.42 Å². The summed E-state index contributed by atoms with van der Waals surface area (Å²) in [4.78, 5) is 6.76. The molecule has 90 valence electrons. The summed E-state index contributed by atoms with van der Waals surface area (Å²) in [5, 5.41) is 0. The molecule has 0 aliphatic heterocycles. The van der Waals surface area contributed by atoms with E-state index in [1.54, 1.807) is 0 Å². The molecule has 0 spiro atoms. The Bertz CT molecular complexity index is 320. The van der Waals surface area contributed by atoms with E-state index in [1.165, 1.54) is 19.3 Å². The van der Waals surface area contributed by atoms with Crippen LogP contribution in [0.3, 0.4) is 0 Å². The highest BCUT2D eigenvalue weighted by Crippen LogP contribution is 2.24. The molecule has 0 saturated heterocycles. The molecule has 1 aliphatic rings. The van der Waals surface area contributed by atoms with E-state index in [0.717, 1.165) is 37.4 Å². The van der Waals surface area contributed by atoms with Gasteiger partial charge >= 0.3 is 0 Å². The second kappa shape index (κ2) is 5.69. The Balaban J connectivity index is 1.83. The van der Waals surface area contributed by atoms with Gasteiger partial charge in [0.1, 0.15) is 5.82 Å². The normalized spacial score (nSPS) is 16.7. The van der Waals surface area contributed by atoms with Crippen LogP contribution >= 0.6 is 11.6 Å². The van der Waals surface area contributed by atoms with E-state index >= 15 is 0 Å². The molecule has 4 heteroatoms. The van der Waals surface area contributed by atoms with Gasteiger partial charge in [-0.2, -0.15) is 0 Å². The summed E-state index contributed by atoms with van der Waals surface area (Å²) in [7, 11) is 0. The van der Waals surface area contributed by atoms with Gasteiger partial charge in [0.25, 0.3) is 0 Å². The molecule has 16 heavy (non-hydrogen) atoms. The lowest BCUT2D eigenvalue weighted by molar-refractivity contribution is 0.130. The van der Waals surface area contributed by atoms with Crippen LogP contribution in [0.5, 0.6) is 0 Å². The van der Waals surface area contributed by atoms with Crippen LogP contribution in [-0.4, -0.2) is 39.5 Å². The van der Waals surface area contributed by atoms with Gasteiger partial charge in [-0.15, -0.1) is 11.6 Å². The SMILES string of the molecule is Cc1nccn1CCN(CCCl)C1CCC1. The van der Waals surface area contributed by atoms with Crippen molar-refractivity contribution in [2.24, 2.45) is 0 Å². The average Bonchev–Trinajstić information content (AvgIpc) is 2.58. The van der Waals surface area contributed by atoms with Crippen LogP contribution in [0.15, 0.2) is 12.4 Å². The summed E-state index contributed by atoms with van der Waals surface area (Å²) < 4.78 is 2.21. The minimum Gasteiger partial charge on any atom is -0.334 e. The molecule has 1 aromatic heterocycles. The first-order valence-corrected chi connectivity index (χ1v) is 6.62. The molecule has 1 heterocycles. The third kappa shape index (κ3) is 2.77. The third-order valence-corrected chi connectivity index (χ3v) is 3.68. The van der Waals surface area contributed by atoms with Crippen molar-refractivity contribution >= 4 is 11.6 Å². The second-order valence-corrected chi connectivity index (χ2v) is 4.86. The van der Waals surface area contributed by atoms with E-state index in [4.69, 9.17) is 11.6 Å². The van der Waals surface area contributed by atoms with Crippen molar-refractivity contribution < 1.29 is 0 Å². The minimum atomic E-state index is 0.736. The highest BCUT2D eigenvalue weighted by Gasteiger charge is 2.23. The molecule has 0 bridgehead atoms. The number of hydrogen-bond acceptors (Lipinski definition) is 2. The predicted octanol–water partition coefficient (Wildman–Crippen LogP) is 2.28. The lowest BCUT2D eigenvalue weighted by Crippen LogP contribution is -2.42. The third-order valence-electron chi connectivity index (χ3n) is 3.51. The average molecular weight is 242 g/mol. The van der Waals surface area contributed by atoms with Crippen LogP contribution in [0.4, 0.5) is 0 Å². The summed E-state index contributed by atoms with van der Waals surface area (Å²) in [6.45, 7) is 5.18. The van der Waals surface area contributed by atoms with Crippen LogP contribution in [0.1, 0.15) is 25.1 Å². The molecule has 2 rings (SSSR count). The van der Waals surface area contributed by atoms with Crippen molar-refractivity contribution in [2.75, 3.05) is 19.0 Å². The summed E-state index contributed by atoms with van der Waals surface area (Å²) in [6.07, 6.45) is 7.99. The first-order valence-electron chi connectivity index (χ1n) is 6.09. The van der Waals surface area contributed by atoms with Gasteiger partial charge < -0.3 is 4.57 Å². The summed E-state index contributed by atoms with van der Waals surface area (Å²) in [5.41, 5.74) is 0. The molecule has 0 N–H and O–H groups in total. The number of hydrogen-bond donors (Lipinski definition) is 0. The Hall–Kier alpha value is -0.540. The second-order valence-electron chi connectivity index (χ2n) is 4.48. The number of halogens is 1. The van der Waals surface area contributed by atoms with Crippen molar-refractivity contribution in [3.05, 3.63) is 18.2 Å². The number of nitrogens with zero attached hydrogens (tertiary/aromatic N) is 3. The fourth-order valence-corrected chi connectivity index (χ4v) is 2.43. The zero-order valence-corrected chi connectivity index (χ0v) is 10.7. The Labute approximate surface area is 102 Å². The monoisotopic (exact) mass is 241 g/mol. The van der Waals surface area contributed by atoms with Crippen molar-refractivity contribution in [2.45, 2.75) is 38.8 Å². The van der Waals surface area contributed by atoms with Gasteiger partial charge in [0.2, 0.25) is 0 Å². The Kier molecular flexibility index (Phi) is 4.24. The largest absolute Gasteiger partial charge is 0.334 e. The van der Waals surface area contributed by atoms with Gasteiger partial charge in [-0.3, -0.25) is 4.90 Å². The molecule has 1 fully saturated rings. The quantitative estimate of drug-likeness (QED) is 0.713. The number of imidazole rings is 1. The summed E-state index contributed by atoms with van der Waals surface area (Å²) >= 11 is 5.85. The van der Waals surface area contributed by atoms with Gasteiger partial charge in [-0.25, -0.2) is 4.98 Å². The van der Waals surface area contributed by atoms with E-state index < -0.39 is 0 Å². The van der Waals surface area contributed by atoms with Crippen molar-refractivity contribution in [3.8, 4) is 0 Å². The summed E-state index contributed by atoms with van der Waals surface area (Å²) in [6, 6.07) is 0.780. The molecule has 3 nitrogen and oxygen atoms in total. The van der Waals surface area contributed by atoms with Gasteiger partial charge in [0, 0.05) is 43.9 Å². The molecule has 0 radical (unpaired) electrons. The highest BCUT2D eigenvalue weighted by atomic mass is 35.5. The fourth-order valence-electron chi connectivity index (χ4n) is 2.21. The maximum Gasteiger partial charge on any atom is 0.105 e. The van der Waals surface area contributed by atoms with Crippen LogP contribution in [0.2, 0.25) is 0 Å². The molecule has 0 aromatic carbocycles. The van der Waals surface area contributed by atoms with Crippen molar-refractivity contribution in [1.29, 1.82) is 0 Å². The van der Waals surface area contributed by atoms with Crippen LogP contribution in [0.25, 0.3) is 0 Å². The van der Waals surface area contributed by atoms with E-state index in [9.17, 15) is 0 Å². The van der Waals surface area contributed by atoms with E-state index in [1.807, 2.05) is 6.20 Å². The maximum absolute atomic E-state index is 5.85. The standard InChI is InChI=1S/C12H20ClN3/c1-11-14-6-8-15(11)9-10-16(7-5-13)12-3-2-4-12/h6,8,12H,2-5,7,9-10H2,1H3. The van der Waals surface area contributed by atoms with Crippen molar-refractivity contribution in [3.63, 3.8) is 0 Å². The predicted molar refractivity (Wildman–Crippen MR) is 66.9 cm³/mol. The molecule has 1 saturated carbocycles. The number of alkyl halides is 1. The van der Waals surface area contributed by atoms with Gasteiger partial charge in [0.05, 0.1) is 0 Å². The lowest BCUT2D eigenvalue weighted by atomic mass is 9.91. The molecule has 1 aliphatic carbocycles. The van der Waals surface area contributed by atoms with Crippen LogP contribution in [-0.2, 0) is 6.54 Å². The zero-order valence-electron chi connectivity index (χ0n) is 9.90. The van der Waals surface area contributed by atoms with Crippen LogP contribution in [0, 0.1) is 6.92 Å². The van der Waals surface area contributed by atoms with E-state index in [0.29, 0.717) is 0 Å². The first-order chi connectivity index (χ1) is 7.81. The van der Waals surface area contributed by atoms with E-state index in [2.05, 4.69) is 27.6 Å². The Morgan fingerprint density at radius 2 is 2.31 bits per heavy atom.